The monoisotopic (exact) mass is 602 g/mol. The van der Waals surface area contributed by atoms with Crippen LogP contribution in [0.25, 0.3) is 0 Å². The fourth-order valence-corrected chi connectivity index (χ4v) is 6.60. The quantitative estimate of drug-likeness (QED) is 0.449. The number of carboxylic acids is 1. The molecule has 0 amide bonds. The number of aromatic nitrogens is 1. The molecule has 8 heteroatoms. The molecule has 1 saturated heterocycles. The van der Waals surface area contributed by atoms with Gasteiger partial charge in [0.1, 0.15) is 6.54 Å². The van der Waals surface area contributed by atoms with Crippen LogP contribution in [-0.2, 0) is 40.6 Å². The van der Waals surface area contributed by atoms with Gasteiger partial charge in [0, 0.05) is 24.5 Å². The number of benzene rings is 1. The van der Waals surface area contributed by atoms with Gasteiger partial charge in [0.15, 0.2) is 0 Å². The summed E-state index contributed by atoms with van der Waals surface area (Å²) in [4.78, 5) is 11.8. The highest BCUT2D eigenvalue weighted by Crippen LogP contribution is 2.39. The lowest BCUT2D eigenvalue weighted by Gasteiger charge is -2.31. The van der Waals surface area contributed by atoms with Gasteiger partial charge in [-0.3, -0.25) is 4.79 Å². The van der Waals surface area contributed by atoms with Crippen LogP contribution in [0.3, 0.4) is 0 Å². The van der Waals surface area contributed by atoms with Crippen LogP contribution >= 0.6 is 24.0 Å². The number of carbonyl (C=O) groups is 1. The molecule has 2 aliphatic rings. The number of fused-ring (bicyclic) bond motifs is 1. The van der Waals surface area contributed by atoms with Crippen molar-refractivity contribution in [3.8, 4) is 0 Å². The largest absolute Gasteiger partial charge is 0.480 e. The van der Waals surface area contributed by atoms with Crippen LogP contribution in [0.4, 0.5) is 0 Å². The molecule has 2 heterocycles. The summed E-state index contributed by atoms with van der Waals surface area (Å²) < 4.78 is 29.1. The highest BCUT2D eigenvalue weighted by molar-refractivity contribution is 14.0. The molecule has 2 aromatic rings. The highest BCUT2D eigenvalue weighted by atomic mass is 127. The summed E-state index contributed by atoms with van der Waals surface area (Å²) in [5.74, 6) is -0.825. The first-order valence-corrected chi connectivity index (χ1v) is 13.5. The second kappa shape index (κ2) is 11.6. The first-order valence-electron chi connectivity index (χ1n) is 12.1. The number of halogens is 1. The number of sulfonamides is 1. The number of hydrogen-bond donors (Lipinski definition) is 1. The molecule has 4 rings (SSSR count). The molecule has 190 valence electrons. The Kier molecular flexibility index (Phi) is 9.81. The first kappa shape index (κ1) is 28.8. The topological polar surface area (TPSA) is 79.6 Å². The maximum atomic E-state index is 12.8. The van der Waals surface area contributed by atoms with E-state index in [4.69, 9.17) is 0 Å². The Morgan fingerprint density at radius 1 is 1.09 bits per heavy atom. The smallest absolute Gasteiger partial charge is 0.323 e. The predicted octanol–water partition coefficient (Wildman–Crippen LogP) is 5.42. The van der Waals surface area contributed by atoms with Crippen molar-refractivity contribution in [1.82, 2.24) is 8.87 Å². The van der Waals surface area contributed by atoms with E-state index < -0.39 is 16.0 Å². The molecule has 0 spiro atoms. The molecular formula is C26H39IN2O4S. The third-order valence-corrected chi connectivity index (χ3v) is 8.79. The van der Waals surface area contributed by atoms with Crippen LogP contribution in [0.15, 0.2) is 29.2 Å². The zero-order valence-electron chi connectivity index (χ0n) is 21.1. The van der Waals surface area contributed by atoms with Gasteiger partial charge in [-0.2, -0.15) is 4.31 Å². The van der Waals surface area contributed by atoms with Crippen LogP contribution in [-0.4, -0.2) is 41.5 Å². The third kappa shape index (κ3) is 6.05. The Labute approximate surface area is 221 Å². The molecule has 1 N–H and O–H groups in total. The molecular weight excluding hydrogens is 563 g/mol. The highest BCUT2D eigenvalue weighted by Gasteiger charge is 2.32. The van der Waals surface area contributed by atoms with Crippen molar-refractivity contribution in [1.29, 1.82) is 0 Å². The number of carboxylic acid groups (broad SMARTS) is 1. The Bertz CT molecular complexity index is 1100. The van der Waals surface area contributed by atoms with E-state index in [1.165, 1.54) is 11.1 Å². The lowest BCUT2D eigenvalue weighted by molar-refractivity contribution is -0.137. The minimum Gasteiger partial charge on any atom is -0.480 e. The van der Waals surface area contributed by atoms with Gasteiger partial charge in [-0.1, -0.05) is 39.8 Å². The van der Waals surface area contributed by atoms with E-state index in [1.807, 2.05) is 37.5 Å². The van der Waals surface area contributed by atoms with E-state index in [2.05, 4.69) is 13.8 Å². The molecule has 1 fully saturated rings. The standard InChI is InChI=1S/C24H32N2O4S.C2H6.HI/c1-17-20(21-15-24(2,3)11-10-22(21)26(17)16-23(27)28)14-18-6-8-19(9-7-18)31(29,30)25-12-4-5-13-25;1-2;/h6-9H,4-5,10-16H2,1-3H3,(H,27,28);1-2H3;1H. The van der Waals surface area contributed by atoms with Gasteiger partial charge in [0.25, 0.3) is 0 Å². The van der Waals surface area contributed by atoms with E-state index in [-0.39, 0.29) is 35.9 Å². The van der Waals surface area contributed by atoms with E-state index in [9.17, 15) is 18.3 Å². The van der Waals surface area contributed by atoms with Gasteiger partial charge in [-0.25, -0.2) is 8.42 Å². The van der Waals surface area contributed by atoms with Gasteiger partial charge in [0.2, 0.25) is 10.0 Å². The average Bonchev–Trinajstić information content (AvgIpc) is 3.39. The second-order valence-electron chi connectivity index (χ2n) is 9.74. The van der Waals surface area contributed by atoms with E-state index in [0.717, 1.165) is 49.1 Å². The molecule has 0 atom stereocenters. The van der Waals surface area contributed by atoms with Crippen LogP contribution in [0.2, 0.25) is 0 Å². The van der Waals surface area contributed by atoms with Crippen molar-refractivity contribution >= 4 is 40.0 Å². The SMILES string of the molecule is CC.Cc1c(Cc2ccc(S(=O)(=O)N3CCCC3)cc2)c2c(n1CC(=O)O)CCC(C)(C)C2.I. The minimum absolute atomic E-state index is 0. The normalized spacial score (nSPS) is 17.3. The molecule has 1 aromatic carbocycles. The number of rotatable bonds is 6. The van der Waals surface area contributed by atoms with Crippen molar-refractivity contribution in [3.05, 3.63) is 52.3 Å². The molecule has 1 aliphatic heterocycles. The van der Waals surface area contributed by atoms with Gasteiger partial charge in [0.05, 0.1) is 4.90 Å². The predicted molar refractivity (Wildman–Crippen MR) is 147 cm³/mol. The van der Waals surface area contributed by atoms with Crippen molar-refractivity contribution in [3.63, 3.8) is 0 Å². The maximum Gasteiger partial charge on any atom is 0.323 e. The van der Waals surface area contributed by atoms with E-state index >= 15 is 0 Å². The van der Waals surface area contributed by atoms with Gasteiger partial charge in [-0.05, 0) is 79.7 Å². The number of hydrogen-bond acceptors (Lipinski definition) is 3. The molecule has 1 aromatic heterocycles. The minimum atomic E-state index is -3.41. The van der Waals surface area contributed by atoms with Crippen molar-refractivity contribution in [2.75, 3.05) is 13.1 Å². The van der Waals surface area contributed by atoms with Gasteiger partial charge < -0.3 is 9.67 Å². The second-order valence-corrected chi connectivity index (χ2v) is 11.7. The van der Waals surface area contributed by atoms with Gasteiger partial charge in [-0.15, -0.1) is 24.0 Å². The lowest BCUT2D eigenvalue weighted by atomic mass is 9.75. The molecule has 1 aliphatic carbocycles. The Hall–Kier alpha value is -1.39. The number of nitrogens with zero attached hydrogens (tertiary/aromatic N) is 2. The summed E-state index contributed by atoms with van der Waals surface area (Å²) in [6, 6.07) is 7.22. The van der Waals surface area contributed by atoms with Crippen molar-refractivity contribution in [2.24, 2.45) is 5.41 Å². The maximum absolute atomic E-state index is 12.8. The van der Waals surface area contributed by atoms with Crippen LogP contribution in [0, 0.1) is 12.3 Å². The Morgan fingerprint density at radius 2 is 1.68 bits per heavy atom. The van der Waals surface area contributed by atoms with Crippen molar-refractivity contribution < 1.29 is 18.3 Å². The Balaban J connectivity index is 0.00000133. The summed E-state index contributed by atoms with van der Waals surface area (Å²) in [5, 5.41) is 9.41. The fourth-order valence-electron chi connectivity index (χ4n) is 5.08. The van der Waals surface area contributed by atoms with Crippen LogP contribution in [0.1, 0.15) is 75.0 Å². The molecule has 0 unspecified atom stereocenters. The summed E-state index contributed by atoms with van der Waals surface area (Å²) in [6.07, 6.45) is 5.40. The zero-order chi connectivity index (χ0) is 24.4. The Morgan fingerprint density at radius 3 is 2.24 bits per heavy atom. The van der Waals surface area contributed by atoms with Crippen LogP contribution in [0.5, 0.6) is 0 Å². The summed E-state index contributed by atoms with van der Waals surface area (Å²) in [6.45, 7) is 11.7. The molecule has 6 nitrogen and oxygen atoms in total. The van der Waals surface area contributed by atoms with E-state index in [0.29, 0.717) is 24.4 Å². The third-order valence-electron chi connectivity index (χ3n) is 6.87. The molecule has 0 bridgehead atoms. The molecule has 34 heavy (non-hydrogen) atoms. The average molecular weight is 603 g/mol. The summed E-state index contributed by atoms with van der Waals surface area (Å²) >= 11 is 0. The zero-order valence-corrected chi connectivity index (χ0v) is 24.2. The van der Waals surface area contributed by atoms with Crippen molar-refractivity contribution in [2.45, 2.75) is 84.6 Å². The van der Waals surface area contributed by atoms with Crippen LogP contribution < -0.4 is 0 Å². The lowest BCUT2D eigenvalue weighted by Crippen LogP contribution is -2.27. The molecule has 0 radical (unpaired) electrons. The number of aliphatic carboxylic acids is 1. The first-order chi connectivity index (χ1) is 15.6. The summed E-state index contributed by atoms with van der Waals surface area (Å²) in [7, 11) is -3.41. The van der Waals surface area contributed by atoms with E-state index in [1.54, 1.807) is 16.4 Å². The summed E-state index contributed by atoms with van der Waals surface area (Å²) in [5.41, 5.74) is 5.88. The molecule has 0 saturated carbocycles. The van der Waals surface area contributed by atoms with Gasteiger partial charge >= 0.3 is 5.97 Å². The fraction of sp³-hybridized carbons (Fsp3) is 0.577.